The Morgan fingerprint density at radius 2 is 2.15 bits per heavy atom. The van der Waals surface area contributed by atoms with Crippen LogP contribution >= 0.6 is 0 Å². The maximum Gasteiger partial charge on any atom is 0.316 e. The monoisotopic (exact) mass is 278 g/mol. The third-order valence-corrected chi connectivity index (χ3v) is 4.00. The zero-order valence-electron chi connectivity index (χ0n) is 11.8. The number of nitro benzene ring substituents is 1. The lowest BCUT2D eigenvalue weighted by Crippen LogP contribution is -2.21. The number of benzene rings is 1. The van der Waals surface area contributed by atoms with Crippen molar-refractivity contribution in [3.8, 4) is 0 Å². The van der Waals surface area contributed by atoms with Gasteiger partial charge in [-0.05, 0) is 36.8 Å². The third kappa shape index (κ3) is 3.39. The molecule has 1 aliphatic rings. The molecule has 0 aromatic heterocycles. The second-order valence-corrected chi connectivity index (χ2v) is 5.62. The zero-order valence-corrected chi connectivity index (χ0v) is 11.8. The SMILES string of the molecule is CC1CCCC(CNc2cccc(NN)c2[N+](=O)[O-])C1. The van der Waals surface area contributed by atoms with Gasteiger partial charge in [0, 0.05) is 6.54 Å². The van der Waals surface area contributed by atoms with Crippen molar-refractivity contribution in [2.45, 2.75) is 32.6 Å². The summed E-state index contributed by atoms with van der Waals surface area (Å²) in [5.41, 5.74) is 3.26. The van der Waals surface area contributed by atoms with Gasteiger partial charge >= 0.3 is 5.69 Å². The van der Waals surface area contributed by atoms with Crippen molar-refractivity contribution >= 4 is 17.1 Å². The minimum absolute atomic E-state index is 0.0128. The predicted octanol–water partition coefficient (Wildman–Crippen LogP) is 3.12. The molecule has 0 radical (unpaired) electrons. The number of nitrogens with two attached hydrogens (primary N) is 1. The van der Waals surface area contributed by atoms with Gasteiger partial charge in [-0.25, -0.2) is 0 Å². The quantitative estimate of drug-likeness (QED) is 0.437. The van der Waals surface area contributed by atoms with E-state index in [9.17, 15) is 10.1 Å². The first-order valence-electron chi connectivity index (χ1n) is 7.09. The Hall–Kier alpha value is -1.82. The van der Waals surface area contributed by atoms with Crippen LogP contribution in [0.2, 0.25) is 0 Å². The summed E-state index contributed by atoms with van der Waals surface area (Å²) in [4.78, 5) is 10.8. The van der Waals surface area contributed by atoms with E-state index in [1.165, 1.54) is 25.7 Å². The second-order valence-electron chi connectivity index (χ2n) is 5.62. The average molecular weight is 278 g/mol. The molecular weight excluding hydrogens is 256 g/mol. The number of nitro groups is 1. The summed E-state index contributed by atoms with van der Waals surface area (Å²) in [7, 11) is 0. The molecule has 6 heteroatoms. The number of rotatable bonds is 5. The molecule has 1 fully saturated rings. The first kappa shape index (κ1) is 14.6. The highest BCUT2D eigenvalue weighted by Crippen LogP contribution is 2.34. The summed E-state index contributed by atoms with van der Waals surface area (Å²) in [5.74, 6) is 6.68. The fourth-order valence-electron chi connectivity index (χ4n) is 3.00. The van der Waals surface area contributed by atoms with Crippen molar-refractivity contribution < 1.29 is 4.92 Å². The van der Waals surface area contributed by atoms with Gasteiger partial charge in [0.1, 0.15) is 11.4 Å². The Balaban J connectivity index is 2.07. The molecule has 0 bridgehead atoms. The van der Waals surface area contributed by atoms with E-state index >= 15 is 0 Å². The van der Waals surface area contributed by atoms with E-state index in [2.05, 4.69) is 17.7 Å². The van der Waals surface area contributed by atoms with E-state index in [1.54, 1.807) is 18.2 Å². The maximum atomic E-state index is 11.2. The lowest BCUT2D eigenvalue weighted by molar-refractivity contribution is -0.383. The fourth-order valence-corrected chi connectivity index (χ4v) is 3.00. The topological polar surface area (TPSA) is 93.2 Å². The largest absolute Gasteiger partial charge is 0.379 e. The van der Waals surface area contributed by atoms with Crippen LogP contribution in [0.3, 0.4) is 0 Å². The summed E-state index contributed by atoms with van der Waals surface area (Å²) in [6.45, 7) is 3.05. The molecule has 0 amide bonds. The van der Waals surface area contributed by atoms with Crippen LogP contribution in [0.15, 0.2) is 18.2 Å². The van der Waals surface area contributed by atoms with Gasteiger partial charge < -0.3 is 10.7 Å². The molecule has 1 saturated carbocycles. The molecule has 1 aromatic carbocycles. The van der Waals surface area contributed by atoms with E-state index < -0.39 is 4.92 Å². The summed E-state index contributed by atoms with van der Waals surface area (Å²) in [6.07, 6.45) is 4.93. The molecule has 2 atom stereocenters. The van der Waals surface area contributed by atoms with Gasteiger partial charge in [0.15, 0.2) is 0 Å². The van der Waals surface area contributed by atoms with Crippen LogP contribution in [0.5, 0.6) is 0 Å². The van der Waals surface area contributed by atoms with Crippen LogP contribution < -0.4 is 16.6 Å². The first-order valence-corrected chi connectivity index (χ1v) is 7.09. The van der Waals surface area contributed by atoms with Gasteiger partial charge in [-0.1, -0.05) is 25.8 Å². The maximum absolute atomic E-state index is 11.2. The number of anilines is 2. The summed E-state index contributed by atoms with van der Waals surface area (Å²) < 4.78 is 0. The Labute approximate surface area is 118 Å². The number of nitrogens with one attached hydrogen (secondary N) is 2. The van der Waals surface area contributed by atoms with Crippen LogP contribution in [0, 0.1) is 22.0 Å². The van der Waals surface area contributed by atoms with E-state index in [4.69, 9.17) is 5.84 Å². The molecule has 6 nitrogen and oxygen atoms in total. The molecule has 0 spiro atoms. The van der Waals surface area contributed by atoms with Gasteiger partial charge in [-0.3, -0.25) is 16.0 Å². The summed E-state index contributed by atoms with van der Waals surface area (Å²) in [5, 5.41) is 14.4. The minimum Gasteiger partial charge on any atom is -0.379 e. The zero-order chi connectivity index (χ0) is 14.5. The molecule has 4 N–H and O–H groups in total. The second kappa shape index (κ2) is 6.56. The van der Waals surface area contributed by atoms with Gasteiger partial charge in [-0.2, -0.15) is 0 Å². The van der Waals surface area contributed by atoms with Gasteiger partial charge in [0.05, 0.1) is 4.92 Å². The minimum atomic E-state index is -0.402. The number of hydrazine groups is 1. The van der Waals surface area contributed by atoms with Crippen LogP contribution in [0.25, 0.3) is 0 Å². The van der Waals surface area contributed by atoms with Crippen molar-refractivity contribution in [1.82, 2.24) is 0 Å². The van der Waals surface area contributed by atoms with Gasteiger partial charge in [0.2, 0.25) is 0 Å². The van der Waals surface area contributed by atoms with Gasteiger partial charge in [0.25, 0.3) is 0 Å². The highest BCUT2D eigenvalue weighted by atomic mass is 16.6. The van der Waals surface area contributed by atoms with Crippen molar-refractivity contribution in [3.05, 3.63) is 28.3 Å². The smallest absolute Gasteiger partial charge is 0.316 e. The Morgan fingerprint density at radius 1 is 1.40 bits per heavy atom. The highest BCUT2D eigenvalue weighted by Gasteiger charge is 2.22. The molecule has 1 aromatic rings. The van der Waals surface area contributed by atoms with Crippen LogP contribution in [-0.2, 0) is 0 Å². The molecule has 110 valence electrons. The van der Waals surface area contributed by atoms with Crippen molar-refractivity contribution in [2.24, 2.45) is 17.7 Å². The highest BCUT2D eigenvalue weighted by molar-refractivity contribution is 5.75. The summed E-state index contributed by atoms with van der Waals surface area (Å²) in [6, 6.07) is 5.09. The molecule has 0 heterocycles. The molecular formula is C14H22N4O2. The van der Waals surface area contributed by atoms with Crippen LogP contribution in [-0.4, -0.2) is 11.5 Å². The number of para-hydroxylation sites is 1. The average Bonchev–Trinajstić information content (AvgIpc) is 2.44. The molecule has 2 unspecified atom stereocenters. The first-order chi connectivity index (χ1) is 9.61. The Kier molecular flexibility index (Phi) is 4.79. The van der Waals surface area contributed by atoms with Gasteiger partial charge in [-0.15, -0.1) is 0 Å². The standard InChI is InChI=1S/C14H22N4O2/c1-10-4-2-5-11(8-10)9-16-12-6-3-7-13(17-15)14(12)18(19)20/h3,6-7,10-11,16-17H,2,4-5,8-9,15H2,1H3. The Bertz CT molecular complexity index is 478. The van der Waals surface area contributed by atoms with E-state index in [1.807, 2.05) is 0 Å². The van der Waals surface area contributed by atoms with E-state index in [0.717, 1.165) is 12.5 Å². The van der Waals surface area contributed by atoms with Crippen molar-refractivity contribution in [1.29, 1.82) is 0 Å². The fraction of sp³-hybridized carbons (Fsp3) is 0.571. The molecule has 1 aliphatic carbocycles. The van der Waals surface area contributed by atoms with E-state index in [-0.39, 0.29) is 5.69 Å². The van der Waals surface area contributed by atoms with Crippen LogP contribution in [0.1, 0.15) is 32.6 Å². The molecule has 0 saturated heterocycles. The third-order valence-electron chi connectivity index (χ3n) is 4.00. The molecule has 2 rings (SSSR count). The predicted molar refractivity (Wildman–Crippen MR) is 80.5 cm³/mol. The normalized spacial score (nSPS) is 22.3. The van der Waals surface area contributed by atoms with Crippen LogP contribution in [0.4, 0.5) is 17.1 Å². The number of nitrogen functional groups attached to an aromatic ring is 1. The van der Waals surface area contributed by atoms with Crippen molar-refractivity contribution in [3.63, 3.8) is 0 Å². The van der Waals surface area contributed by atoms with E-state index in [0.29, 0.717) is 17.3 Å². The number of hydrogen-bond acceptors (Lipinski definition) is 5. The molecule has 20 heavy (non-hydrogen) atoms. The van der Waals surface area contributed by atoms with Crippen molar-refractivity contribution in [2.75, 3.05) is 17.3 Å². The Morgan fingerprint density at radius 3 is 2.80 bits per heavy atom. The molecule has 0 aliphatic heterocycles. The lowest BCUT2D eigenvalue weighted by atomic mass is 9.82. The lowest BCUT2D eigenvalue weighted by Gasteiger charge is -2.27. The summed E-state index contributed by atoms with van der Waals surface area (Å²) >= 11 is 0. The number of hydrogen-bond donors (Lipinski definition) is 3. The number of nitrogens with zero attached hydrogens (tertiary/aromatic N) is 1.